The van der Waals surface area contributed by atoms with Crippen LogP contribution in [0.1, 0.15) is 0 Å². The van der Waals surface area contributed by atoms with Gasteiger partial charge in [0.25, 0.3) is 5.91 Å². The van der Waals surface area contributed by atoms with Crippen molar-refractivity contribution in [2.45, 2.75) is 11.5 Å². The van der Waals surface area contributed by atoms with Crippen LogP contribution < -0.4 is 0 Å². The standard InChI is InChI=1S/C10H11NO2S3/c1-13-7-8(12)11-3-2-6(16-9(7)11)10-14-4-5-15-10/h2-3,7,9H,4-5H2,1H3/t7-,9+/m0/s1. The molecule has 3 aliphatic heterocycles. The average Bonchev–Trinajstić information content (AvgIpc) is 2.82. The third-order valence-corrected chi connectivity index (χ3v) is 6.98. The van der Waals surface area contributed by atoms with Gasteiger partial charge in [-0.05, 0) is 6.08 Å². The predicted molar refractivity (Wildman–Crippen MR) is 70.1 cm³/mol. The number of hydrogen-bond acceptors (Lipinski definition) is 5. The molecule has 86 valence electrons. The van der Waals surface area contributed by atoms with E-state index >= 15 is 0 Å². The molecule has 0 spiro atoms. The van der Waals surface area contributed by atoms with Gasteiger partial charge >= 0.3 is 0 Å². The number of carbonyl (C=O) groups excluding carboxylic acids is 1. The SMILES string of the molecule is CO[C@H]1C(=O)N2C=CC(=C3SCCS3)S[C@H]12. The van der Waals surface area contributed by atoms with Gasteiger partial charge < -0.3 is 9.64 Å². The molecule has 0 bridgehead atoms. The molecule has 0 aromatic rings. The second-order valence-electron chi connectivity index (χ2n) is 3.57. The summed E-state index contributed by atoms with van der Waals surface area (Å²) in [6.07, 6.45) is 3.67. The van der Waals surface area contributed by atoms with Crippen LogP contribution >= 0.6 is 35.3 Å². The van der Waals surface area contributed by atoms with Gasteiger partial charge in [-0.1, -0.05) is 11.8 Å². The second kappa shape index (κ2) is 4.33. The fraction of sp³-hybridized carbons (Fsp3) is 0.500. The molecule has 3 nitrogen and oxygen atoms in total. The summed E-state index contributed by atoms with van der Waals surface area (Å²) in [5.41, 5.74) is 0. The van der Waals surface area contributed by atoms with Crippen LogP contribution in [0.4, 0.5) is 0 Å². The molecule has 2 atom stereocenters. The molecule has 6 heteroatoms. The van der Waals surface area contributed by atoms with E-state index in [1.54, 1.807) is 23.8 Å². The zero-order chi connectivity index (χ0) is 11.1. The Balaban J connectivity index is 1.83. The summed E-state index contributed by atoms with van der Waals surface area (Å²) in [6.45, 7) is 0. The molecule has 0 aromatic carbocycles. The van der Waals surface area contributed by atoms with E-state index in [1.807, 2.05) is 35.8 Å². The Hall–Kier alpha value is -0.0400. The van der Waals surface area contributed by atoms with E-state index in [1.165, 1.54) is 20.6 Å². The number of hydrogen-bond donors (Lipinski definition) is 0. The number of thioether (sulfide) groups is 3. The molecule has 2 saturated heterocycles. The number of allylic oxidation sites excluding steroid dienone is 1. The van der Waals surface area contributed by atoms with E-state index in [0.29, 0.717) is 0 Å². The molecule has 3 aliphatic rings. The van der Waals surface area contributed by atoms with Crippen LogP contribution in [0.25, 0.3) is 0 Å². The Labute approximate surface area is 107 Å². The van der Waals surface area contributed by atoms with Crippen molar-refractivity contribution in [1.29, 1.82) is 0 Å². The summed E-state index contributed by atoms with van der Waals surface area (Å²) < 4.78 is 6.59. The van der Waals surface area contributed by atoms with Gasteiger partial charge in [0.2, 0.25) is 0 Å². The minimum atomic E-state index is -0.262. The monoisotopic (exact) mass is 273 g/mol. The first-order valence-corrected chi connectivity index (χ1v) is 7.86. The second-order valence-corrected chi connectivity index (χ2v) is 7.20. The van der Waals surface area contributed by atoms with Crippen molar-refractivity contribution in [3.63, 3.8) is 0 Å². The third-order valence-electron chi connectivity index (χ3n) is 2.67. The molecule has 0 unspecified atom stereocenters. The molecular weight excluding hydrogens is 262 g/mol. The normalized spacial score (nSPS) is 33.1. The van der Waals surface area contributed by atoms with E-state index in [-0.39, 0.29) is 17.4 Å². The van der Waals surface area contributed by atoms with Gasteiger partial charge in [-0.2, -0.15) is 0 Å². The number of fused-ring (bicyclic) bond motifs is 1. The summed E-state index contributed by atoms with van der Waals surface area (Å²) >= 11 is 5.57. The van der Waals surface area contributed by atoms with E-state index in [9.17, 15) is 4.79 Å². The minimum Gasteiger partial charge on any atom is -0.368 e. The molecule has 0 aliphatic carbocycles. The lowest BCUT2D eigenvalue weighted by atomic mass is 10.1. The average molecular weight is 273 g/mol. The smallest absolute Gasteiger partial charge is 0.259 e. The molecule has 0 saturated carbocycles. The molecule has 0 aromatic heterocycles. The maximum Gasteiger partial charge on any atom is 0.259 e. The topological polar surface area (TPSA) is 29.5 Å². The van der Waals surface area contributed by atoms with Gasteiger partial charge in [0.15, 0.2) is 6.10 Å². The number of methoxy groups -OCH3 is 1. The summed E-state index contributed by atoms with van der Waals surface area (Å²) in [6, 6.07) is 0. The van der Waals surface area contributed by atoms with Crippen molar-refractivity contribution < 1.29 is 9.53 Å². The Kier molecular flexibility index (Phi) is 2.99. The fourth-order valence-corrected chi connectivity index (χ4v) is 5.91. The van der Waals surface area contributed by atoms with E-state index < -0.39 is 0 Å². The first-order chi connectivity index (χ1) is 7.81. The number of β-lactam (4-membered cyclic amide) rings is 1. The summed E-state index contributed by atoms with van der Waals surface area (Å²) in [4.78, 5) is 14.6. The molecule has 0 radical (unpaired) electrons. The van der Waals surface area contributed by atoms with E-state index in [0.717, 1.165) is 0 Å². The van der Waals surface area contributed by atoms with Gasteiger partial charge in [-0.25, -0.2) is 0 Å². The van der Waals surface area contributed by atoms with Crippen LogP contribution in [-0.2, 0) is 9.53 Å². The zero-order valence-corrected chi connectivity index (χ0v) is 11.2. The Morgan fingerprint density at radius 3 is 2.88 bits per heavy atom. The lowest BCUT2D eigenvalue weighted by molar-refractivity contribution is -0.156. The van der Waals surface area contributed by atoms with Crippen LogP contribution in [0.15, 0.2) is 21.4 Å². The van der Waals surface area contributed by atoms with Gasteiger partial charge in [0.05, 0.1) is 4.24 Å². The van der Waals surface area contributed by atoms with E-state index in [4.69, 9.17) is 4.74 Å². The van der Waals surface area contributed by atoms with Crippen LogP contribution in [0.5, 0.6) is 0 Å². The first kappa shape index (κ1) is 11.1. The van der Waals surface area contributed by atoms with Crippen molar-refractivity contribution in [2.24, 2.45) is 0 Å². The van der Waals surface area contributed by atoms with Crippen LogP contribution in [0, 0.1) is 0 Å². The summed E-state index contributed by atoms with van der Waals surface area (Å²) in [5.74, 6) is 2.46. The van der Waals surface area contributed by atoms with Crippen molar-refractivity contribution >= 4 is 41.2 Å². The molecular formula is C10H11NO2S3. The highest BCUT2D eigenvalue weighted by Crippen LogP contribution is 2.48. The van der Waals surface area contributed by atoms with Gasteiger partial charge in [-0.15, -0.1) is 23.5 Å². The molecule has 1 amide bonds. The van der Waals surface area contributed by atoms with Crippen molar-refractivity contribution in [3.8, 4) is 0 Å². The summed E-state index contributed by atoms with van der Waals surface area (Å²) in [5, 5.41) is 0.145. The molecule has 16 heavy (non-hydrogen) atoms. The number of ether oxygens (including phenoxy) is 1. The third kappa shape index (κ3) is 1.63. The van der Waals surface area contributed by atoms with Crippen LogP contribution in [-0.4, -0.2) is 40.9 Å². The Morgan fingerprint density at radius 1 is 1.44 bits per heavy atom. The first-order valence-electron chi connectivity index (χ1n) is 5.01. The quantitative estimate of drug-likeness (QED) is 0.682. The predicted octanol–water partition coefficient (Wildman–Crippen LogP) is 2.08. The van der Waals surface area contributed by atoms with Crippen LogP contribution in [0.2, 0.25) is 0 Å². The number of carbonyl (C=O) groups is 1. The molecule has 3 rings (SSSR count). The highest BCUT2D eigenvalue weighted by Gasteiger charge is 2.49. The van der Waals surface area contributed by atoms with Gasteiger partial charge in [0.1, 0.15) is 5.37 Å². The maximum absolute atomic E-state index is 11.6. The van der Waals surface area contributed by atoms with Crippen molar-refractivity contribution in [3.05, 3.63) is 21.4 Å². The number of amides is 1. The van der Waals surface area contributed by atoms with Crippen molar-refractivity contribution in [1.82, 2.24) is 4.90 Å². The minimum absolute atomic E-state index is 0.0760. The number of nitrogens with zero attached hydrogens (tertiary/aromatic N) is 1. The highest BCUT2D eigenvalue weighted by molar-refractivity contribution is 8.26. The van der Waals surface area contributed by atoms with Crippen LogP contribution in [0.3, 0.4) is 0 Å². The lowest BCUT2D eigenvalue weighted by Gasteiger charge is -2.45. The Bertz CT molecular complexity index is 386. The molecule has 3 heterocycles. The zero-order valence-electron chi connectivity index (χ0n) is 8.71. The lowest BCUT2D eigenvalue weighted by Crippen LogP contribution is -2.62. The van der Waals surface area contributed by atoms with Gasteiger partial charge in [0, 0.05) is 29.7 Å². The maximum atomic E-state index is 11.6. The molecule has 2 fully saturated rings. The highest BCUT2D eigenvalue weighted by atomic mass is 32.2. The van der Waals surface area contributed by atoms with E-state index in [2.05, 4.69) is 0 Å². The molecule has 0 N–H and O–H groups in total. The largest absolute Gasteiger partial charge is 0.368 e. The van der Waals surface area contributed by atoms with Gasteiger partial charge in [-0.3, -0.25) is 4.79 Å². The Morgan fingerprint density at radius 2 is 2.19 bits per heavy atom. The van der Waals surface area contributed by atoms with Crippen molar-refractivity contribution in [2.75, 3.05) is 18.6 Å². The fourth-order valence-electron chi connectivity index (χ4n) is 1.84. The number of rotatable bonds is 1. The summed E-state index contributed by atoms with van der Waals surface area (Å²) in [7, 11) is 1.60.